The van der Waals surface area contributed by atoms with Gasteiger partial charge in [0, 0.05) is 22.6 Å². The van der Waals surface area contributed by atoms with Crippen molar-refractivity contribution < 1.29 is 4.79 Å². The molecular formula is C15H21N3O. The zero-order valence-electron chi connectivity index (χ0n) is 11.5. The van der Waals surface area contributed by atoms with Gasteiger partial charge in [-0.1, -0.05) is 18.2 Å². The van der Waals surface area contributed by atoms with Gasteiger partial charge >= 0.3 is 0 Å². The largest absolute Gasteiger partial charge is 0.361 e. The van der Waals surface area contributed by atoms with Crippen LogP contribution in [0.25, 0.3) is 10.9 Å². The lowest BCUT2D eigenvalue weighted by Crippen LogP contribution is -2.46. The van der Waals surface area contributed by atoms with E-state index in [-0.39, 0.29) is 18.0 Å². The normalized spacial score (nSPS) is 11.7. The van der Waals surface area contributed by atoms with E-state index in [0.29, 0.717) is 0 Å². The summed E-state index contributed by atoms with van der Waals surface area (Å²) in [5, 5.41) is 4.20. The van der Waals surface area contributed by atoms with Crippen LogP contribution in [0.15, 0.2) is 30.5 Å². The van der Waals surface area contributed by atoms with Gasteiger partial charge in [-0.15, -0.1) is 0 Å². The third kappa shape index (κ3) is 3.35. The number of benzene rings is 1. The lowest BCUT2D eigenvalue weighted by molar-refractivity contribution is -0.121. The zero-order valence-corrected chi connectivity index (χ0v) is 11.5. The number of nitrogens with two attached hydrogens (primary N) is 1. The van der Waals surface area contributed by atoms with Gasteiger partial charge in [0.15, 0.2) is 0 Å². The highest BCUT2D eigenvalue weighted by atomic mass is 16.1. The summed E-state index contributed by atoms with van der Waals surface area (Å²) < 4.78 is 0. The van der Waals surface area contributed by atoms with Crippen molar-refractivity contribution in [1.29, 1.82) is 0 Å². The van der Waals surface area contributed by atoms with Crippen LogP contribution in [0, 0.1) is 0 Å². The second-order valence-electron chi connectivity index (χ2n) is 5.50. The average molecular weight is 259 g/mol. The van der Waals surface area contributed by atoms with E-state index in [1.807, 2.05) is 32.2 Å². The molecular weight excluding hydrogens is 238 g/mol. The highest BCUT2D eigenvalue weighted by Gasteiger charge is 2.20. The van der Waals surface area contributed by atoms with Gasteiger partial charge in [-0.3, -0.25) is 4.79 Å². The Hall–Kier alpha value is -1.81. The summed E-state index contributed by atoms with van der Waals surface area (Å²) in [4.78, 5) is 14.6. The van der Waals surface area contributed by atoms with E-state index in [2.05, 4.69) is 22.4 Å². The van der Waals surface area contributed by atoms with Crippen LogP contribution in [-0.2, 0) is 11.2 Å². The minimum absolute atomic E-state index is 0.0382. The molecule has 0 aliphatic carbocycles. The molecule has 2 aromatic rings. The third-order valence-electron chi connectivity index (χ3n) is 3.36. The Morgan fingerprint density at radius 2 is 2.11 bits per heavy atom. The fraction of sp³-hybridized carbons (Fsp3) is 0.400. The summed E-state index contributed by atoms with van der Waals surface area (Å²) in [7, 11) is 0. The number of para-hydroxylation sites is 1. The number of carbonyl (C=O) groups excluding carboxylic acids is 1. The maximum Gasteiger partial charge on any atom is 0.234 e. The topological polar surface area (TPSA) is 70.9 Å². The number of aryl methyl sites for hydroxylation is 1. The average Bonchev–Trinajstić information content (AvgIpc) is 2.79. The first kappa shape index (κ1) is 13.6. The van der Waals surface area contributed by atoms with Crippen molar-refractivity contribution in [2.24, 2.45) is 5.73 Å². The summed E-state index contributed by atoms with van der Waals surface area (Å²) >= 11 is 0. The molecule has 0 bridgehead atoms. The molecule has 0 radical (unpaired) electrons. The number of rotatable bonds is 5. The molecule has 0 aliphatic rings. The molecule has 1 aromatic heterocycles. The van der Waals surface area contributed by atoms with Gasteiger partial charge in [-0.25, -0.2) is 0 Å². The fourth-order valence-electron chi connectivity index (χ4n) is 2.28. The summed E-state index contributed by atoms with van der Waals surface area (Å²) in [5.41, 5.74) is 7.52. The van der Waals surface area contributed by atoms with Gasteiger partial charge in [0.2, 0.25) is 5.91 Å². The van der Waals surface area contributed by atoms with Crippen molar-refractivity contribution in [3.8, 4) is 0 Å². The number of hydrogen-bond donors (Lipinski definition) is 3. The van der Waals surface area contributed by atoms with E-state index >= 15 is 0 Å². The molecule has 0 unspecified atom stereocenters. The minimum atomic E-state index is -0.241. The highest BCUT2D eigenvalue weighted by Crippen LogP contribution is 2.21. The molecule has 0 aliphatic heterocycles. The Labute approximate surface area is 113 Å². The van der Waals surface area contributed by atoms with Crippen molar-refractivity contribution >= 4 is 16.8 Å². The lowest BCUT2D eigenvalue weighted by atomic mass is 9.95. The van der Waals surface area contributed by atoms with E-state index in [1.165, 1.54) is 10.9 Å². The first-order valence-electron chi connectivity index (χ1n) is 6.58. The third-order valence-corrected chi connectivity index (χ3v) is 3.36. The van der Waals surface area contributed by atoms with Crippen LogP contribution < -0.4 is 11.1 Å². The molecule has 1 amide bonds. The standard InChI is InChI=1S/C15H21N3O/c1-15(2,18-14(19)9-16)8-7-11-10-17-13-6-4-3-5-12(11)13/h3-6,10,17H,7-9,16H2,1-2H3,(H,18,19). The predicted molar refractivity (Wildman–Crippen MR) is 77.9 cm³/mol. The summed E-state index contributed by atoms with van der Waals surface area (Å²) in [6.45, 7) is 4.08. The molecule has 2 rings (SSSR count). The maximum absolute atomic E-state index is 11.4. The molecule has 0 atom stereocenters. The Morgan fingerprint density at radius 1 is 1.37 bits per heavy atom. The van der Waals surface area contributed by atoms with Crippen LogP contribution in [0.1, 0.15) is 25.8 Å². The van der Waals surface area contributed by atoms with E-state index in [1.54, 1.807) is 0 Å². The number of hydrogen-bond acceptors (Lipinski definition) is 2. The molecule has 1 heterocycles. The van der Waals surface area contributed by atoms with Gasteiger partial charge in [0.05, 0.1) is 6.54 Å². The second kappa shape index (κ2) is 5.45. The van der Waals surface area contributed by atoms with Crippen molar-refractivity contribution in [1.82, 2.24) is 10.3 Å². The van der Waals surface area contributed by atoms with Crippen molar-refractivity contribution in [3.63, 3.8) is 0 Å². The lowest BCUT2D eigenvalue weighted by Gasteiger charge is -2.26. The Balaban J connectivity index is 2.04. The maximum atomic E-state index is 11.4. The molecule has 19 heavy (non-hydrogen) atoms. The van der Waals surface area contributed by atoms with E-state index < -0.39 is 0 Å². The number of nitrogens with one attached hydrogen (secondary N) is 2. The molecule has 4 nitrogen and oxygen atoms in total. The minimum Gasteiger partial charge on any atom is -0.361 e. The molecule has 4 N–H and O–H groups in total. The van der Waals surface area contributed by atoms with Gasteiger partial charge in [-0.2, -0.15) is 0 Å². The van der Waals surface area contributed by atoms with Crippen LogP contribution in [0.4, 0.5) is 0 Å². The Morgan fingerprint density at radius 3 is 2.84 bits per heavy atom. The summed E-state index contributed by atoms with van der Waals surface area (Å²) in [5.74, 6) is -0.107. The quantitative estimate of drug-likeness (QED) is 0.768. The zero-order chi connectivity index (χ0) is 13.9. The molecule has 1 aromatic carbocycles. The van der Waals surface area contributed by atoms with Crippen LogP contribution in [0.2, 0.25) is 0 Å². The fourth-order valence-corrected chi connectivity index (χ4v) is 2.28. The smallest absolute Gasteiger partial charge is 0.234 e. The monoisotopic (exact) mass is 259 g/mol. The number of aromatic amines is 1. The predicted octanol–water partition coefficient (Wildman–Crippen LogP) is 1.95. The van der Waals surface area contributed by atoms with E-state index in [4.69, 9.17) is 5.73 Å². The van der Waals surface area contributed by atoms with Crippen LogP contribution in [0.3, 0.4) is 0 Å². The Kier molecular flexibility index (Phi) is 3.90. The number of amides is 1. The van der Waals surface area contributed by atoms with Crippen molar-refractivity contribution in [3.05, 3.63) is 36.0 Å². The van der Waals surface area contributed by atoms with Crippen LogP contribution >= 0.6 is 0 Å². The van der Waals surface area contributed by atoms with Crippen molar-refractivity contribution in [2.75, 3.05) is 6.54 Å². The van der Waals surface area contributed by atoms with Crippen LogP contribution in [0.5, 0.6) is 0 Å². The number of H-pyrrole nitrogens is 1. The molecule has 4 heteroatoms. The van der Waals surface area contributed by atoms with E-state index in [0.717, 1.165) is 18.4 Å². The highest BCUT2D eigenvalue weighted by molar-refractivity contribution is 5.83. The van der Waals surface area contributed by atoms with Gasteiger partial charge in [0.25, 0.3) is 0 Å². The molecule has 0 spiro atoms. The number of aromatic nitrogens is 1. The first-order valence-corrected chi connectivity index (χ1v) is 6.58. The van der Waals surface area contributed by atoms with Gasteiger partial charge < -0.3 is 16.0 Å². The van der Waals surface area contributed by atoms with Gasteiger partial charge in [0.1, 0.15) is 0 Å². The molecule has 0 saturated carbocycles. The van der Waals surface area contributed by atoms with Crippen LogP contribution in [-0.4, -0.2) is 23.0 Å². The van der Waals surface area contributed by atoms with Gasteiger partial charge in [-0.05, 0) is 38.3 Å². The molecule has 0 fully saturated rings. The summed E-state index contributed by atoms with van der Waals surface area (Å²) in [6, 6.07) is 8.25. The van der Waals surface area contributed by atoms with E-state index in [9.17, 15) is 4.79 Å². The molecule has 0 saturated heterocycles. The Bertz CT molecular complexity index is 572. The number of fused-ring (bicyclic) bond motifs is 1. The number of carbonyl (C=O) groups is 1. The molecule has 102 valence electrons. The summed E-state index contributed by atoms with van der Waals surface area (Å²) in [6.07, 6.45) is 3.84. The second-order valence-corrected chi connectivity index (χ2v) is 5.50. The van der Waals surface area contributed by atoms with Crippen molar-refractivity contribution in [2.45, 2.75) is 32.2 Å². The first-order chi connectivity index (χ1) is 9.02. The SMILES string of the molecule is CC(C)(CCc1c[nH]c2ccccc12)NC(=O)CN.